The van der Waals surface area contributed by atoms with Crippen molar-refractivity contribution in [3.8, 4) is 0 Å². The van der Waals surface area contributed by atoms with Crippen molar-refractivity contribution in [2.75, 3.05) is 0 Å². The first kappa shape index (κ1) is 9.26. The van der Waals surface area contributed by atoms with Crippen LogP contribution in [0.5, 0.6) is 0 Å². The topological polar surface area (TPSA) is 39.8 Å². The van der Waals surface area contributed by atoms with Crippen LogP contribution in [-0.2, 0) is 6.42 Å². The normalized spacial score (nSPS) is 10.2. The minimum Gasteiger partial charge on any atom is -0.594 e. The number of hydrogen-bond donors (Lipinski definition) is 0. The molecule has 12 heavy (non-hydrogen) atoms. The van der Waals surface area contributed by atoms with E-state index in [1.54, 1.807) is 12.1 Å². The van der Waals surface area contributed by atoms with Crippen LogP contribution in [-0.4, -0.2) is 5.10 Å². The van der Waals surface area contributed by atoms with Gasteiger partial charge < -0.3 is 5.21 Å². The van der Waals surface area contributed by atoms with Crippen LogP contribution in [0.15, 0.2) is 12.1 Å². The lowest BCUT2D eigenvalue weighted by molar-refractivity contribution is -0.676. The Bertz CT molecular complexity index is 265. The third-order valence-corrected chi connectivity index (χ3v) is 1.83. The van der Waals surface area contributed by atoms with Gasteiger partial charge in [0.05, 0.1) is 0 Å². The van der Waals surface area contributed by atoms with E-state index >= 15 is 0 Å². The first-order chi connectivity index (χ1) is 5.74. The Morgan fingerprint density at radius 1 is 1.58 bits per heavy atom. The van der Waals surface area contributed by atoms with Crippen molar-refractivity contribution >= 4 is 11.6 Å². The second-order valence-corrected chi connectivity index (χ2v) is 3.01. The summed E-state index contributed by atoms with van der Waals surface area (Å²) in [5.41, 5.74) is 0.682. The maximum absolute atomic E-state index is 11.1. The molecule has 0 N–H and O–H groups in total. The first-order valence-electron chi connectivity index (χ1n) is 3.99. The highest BCUT2D eigenvalue weighted by Crippen LogP contribution is 2.03. The Morgan fingerprint density at radius 3 is 2.92 bits per heavy atom. The van der Waals surface area contributed by atoms with Gasteiger partial charge in [0, 0.05) is 17.6 Å². The number of nitrogens with zero attached hydrogens (tertiary/aromatic N) is 2. The molecule has 0 aliphatic heterocycles. The van der Waals surface area contributed by atoms with E-state index in [0.717, 1.165) is 19.3 Å². The molecule has 0 atom stereocenters. The van der Waals surface area contributed by atoms with Crippen LogP contribution in [0, 0.1) is 5.21 Å². The van der Waals surface area contributed by atoms with Crippen molar-refractivity contribution in [2.45, 2.75) is 26.2 Å². The molecule has 0 radical (unpaired) electrons. The van der Waals surface area contributed by atoms with E-state index in [-0.39, 0.29) is 5.15 Å². The van der Waals surface area contributed by atoms with Crippen LogP contribution in [0.1, 0.15) is 25.5 Å². The average molecular weight is 187 g/mol. The van der Waals surface area contributed by atoms with Gasteiger partial charge in [-0.2, -0.15) is 0 Å². The third kappa shape index (κ3) is 2.34. The number of unbranched alkanes of at least 4 members (excludes halogenated alkanes) is 1. The lowest BCUT2D eigenvalue weighted by Crippen LogP contribution is -2.36. The van der Waals surface area contributed by atoms with E-state index in [9.17, 15) is 5.21 Å². The van der Waals surface area contributed by atoms with Crippen molar-refractivity contribution in [1.82, 2.24) is 5.10 Å². The Morgan fingerprint density at radius 2 is 2.33 bits per heavy atom. The van der Waals surface area contributed by atoms with Crippen molar-refractivity contribution in [1.29, 1.82) is 0 Å². The molecule has 0 bridgehead atoms. The lowest BCUT2D eigenvalue weighted by Gasteiger charge is -1.99. The number of aryl methyl sites for hydroxylation is 1. The van der Waals surface area contributed by atoms with E-state index in [1.807, 2.05) is 0 Å². The van der Waals surface area contributed by atoms with Crippen LogP contribution in [0.2, 0.25) is 5.15 Å². The van der Waals surface area contributed by atoms with Crippen LogP contribution >= 0.6 is 11.6 Å². The largest absolute Gasteiger partial charge is 0.594 e. The zero-order chi connectivity index (χ0) is 8.97. The van der Waals surface area contributed by atoms with Gasteiger partial charge in [-0.3, -0.25) is 0 Å². The van der Waals surface area contributed by atoms with E-state index < -0.39 is 0 Å². The summed E-state index contributed by atoms with van der Waals surface area (Å²) in [5, 5.41) is 14.9. The van der Waals surface area contributed by atoms with Gasteiger partial charge in [-0.15, -0.1) is 0 Å². The van der Waals surface area contributed by atoms with Crippen molar-refractivity contribution < 1.29 is 4.85 Å². The quantitative estimate of drug-likeness (QED) is 0.533. The molecule has 66 valence electrons. The molecular formula is C8H11ClN2O. The van der Waals surface area contributed by atoms with Gasteiger partial charge in [0.15, 0.2) is 5.15 Å². The molecule has 0 aliphatic rings. The molecule has 1 aromatic rings. The van der Waals surface area contributed by atoms with Crippen LogP contribution < -0.4 is 4.85 Å². The lowest BCUT2D eigenvalue weighted by atomic mass is 10.2. The smallest absolute Gasteiger partial charge is 0.221 e. The second kappa shape index (κ2) is 4.26. The molecule has 4 heteroatoms. The van der Waals surface area contributed by atoms with Crippen LogP contribution in [0.4, 0.5) is 0 Å². The zero-order valence-corrected chi connectivity index (χ0v) is 7.71. The van der Waals surface area contributed by atoms with Crippen LogP contribution in [0.3, 0.4) is 0 Å². The predicted octanol–water partition coefficient (Wildman–Crippen LogP) is 1.71. The summed E-state index contributed by atoms with van der Waals surface area (Å²) < 4.78 is 0. The molecule has 0 fully saturated rings. The number of hydrogen-bond acceptors (Lipinski definition) is 2. The number of halogens is 1. The minimum atomic E-state index is 0.241. The highest BCUT2D eigenvalue weighted by Gasteiger charge is 2.05. The molecular weight excluding hydrogens is 176 g/mol. The maximum Gasteiger partial charge on any atom is 0.221 e. The monoisotopic (exact) mass is 186 g/mol. The summed E-state index contributed by atoms with van der Waals surface area (Å²) in [5.74, 6) is 0. The standard InChI is InChI=1S/C8H11ClN2O/c1-2-3-4-7-5-6-8(9)10-11(7)12/h5-6H,2-4H2,1H3. The van der Waals surface area contributed by atoms with Gasteiger partial charge in [0.1, 0.15) is 0 Å². The van der Waals surface area contributed by atoms with E-state index in [0.29, 0.717) is 10.5 Å². The van der Waals surface area contributed by atoms with Gasteiger partial charge in [0.2, 0.25) is 5.69 Å². The average Bonchev–Trinajstić information content (AvgIpc) is 2.03. The van der Waals surface area contributed by atoms with E-state index in [2.05, 4.69) is 12.0 Å². The Balaban J connectivity index is 2.72. The summed E-state index contributed by atoms with van der Waals surface area (Å²) in [7, 11) is 0. The molecule has 1 heterocycles. The SMILES string of the molecule is CCCCc1ccc(Cl)n[n+]1[O-]. The molecule has 0 aromatic carbocycles. The van der Waals surface area contributed by atoms with Gasteiger partial charge in [-0.1, -0.05) is 29.8 Å². The fourth-order valence-electron chi connectivity index (χ4n) is 0.950. The second-order valence-electron chi connectivity index (χ2n) is 2.62. The molecule has 1 aromatic heterocycles. The van der Waals surface area contributed by atoms with E-state index in [4.69, 9.17) is 11.6 Å². The fourth-order valence-corrected chi connectivity index (χ4v) is 1.08. The third-order valence-electron chi connectivity index (χ3n) is 1.63. The molecule has 0 saturated heterocycles. The predicted molar refractivity (Wildman–Crippen MR) is 46.8 cm³/mol. The molecule has 3 nitrogen and oxygen atoms in total. The van der Waals surface area contributed by atoms with Crippen molar-refractivity contribution in [3.63, 3.8) is 0 Å². The van der Waals surface area contributed by atoms with Gasteiger partial charge in [-0.25, -0.2) is 0 Å². The highest BCUT2D eigenvalue weighted by molar-refractivity contribution is 6.29. The fraction of sp³-hybridized carbons (Fsp3) is 0.500. The molecule has 0 amide bonds. The summed E-state index contributed by atoms with van der Waals surface area (Å²) in [6.45, 7) is 2.08. The zero-order valence-electron chi connectivity index (χ0n) is 6.96. The van der Waals surface area contributed by atoms with Gasteiger partial charge in [-0.05, 0) is 12.5 Å². The summed E-state index contributed by atoms with van der Waals surface area (Å²) in [4.78, 5) is 0.595. The Labute approximate surface area is 76.6 Å². The summed E-state index contributed by atoms with van der Waals surface area (Å²) in [6, 6.07) is 3.36. The Kier molecular flexibility index (Phi) is 3.29. The Hall–Kier alpha value is -0.830. The first-order valence-corrected chi connectivity index (χ1v) is 4.37. The molecule has 0 aliphatic carbocycles. The van der Waals surface area contributed by atoms with Gasteiger partial charge >= 0.3 is 0 Å². The molecule has 0 spiro atoms. The van der Waals surface area contributed by atoms with Gasteiger partial charge in [0.25, 0.3) is 0 Å². The summed E-state index contributed by atoms with van der Waals surface area (Å²) in [6.07, 6.45) is 2.85. The van der Waals surface area contributed by atoms with Crippen molar-refractivity contribution in [3.05, 3.63) is 28.2 Å². The molecule has 0 unspecified atom stereocenters. The van der Waals surface area contributed by atoms with Crippen molar-refractivity contribution in [2.24, 2.45) is 0 Å². The molecule has 0 saturated carbocycles. The summed E-state index contributed by atoms with van der Waals surface area (Å²) >= 11 is 5.52. The number of aromatic nitrogens is 2. The van der Waals surface area contributed by atoms with E-state index in [1.165, 1.54) is 0 Å². The number of rotatable bonds is 3. The highest BCUT2D eigenvalue weighted by atomic mass is 35.5. The maximum atomic E-state index is 11.1. The molecule has 1 rings (SSSR count). The minimum absolute atomic E-state index is 0.241. The van der Waals surface area contributed by atoms with Crippen LogP contribution in [0.25, 0.3) is 0 Å².